The lowest BCUT2D eigenvalue weighted by atomic mass is 9.78. The minimum absolute atomic E-state index is 0.0575. The summed E-state index contributed by atoms with van der Waals surface area (Å²) in [5, 5.41) is 12.6. The van der Waals surface area contributed by atoms with Crippen molar-refractivity contribution in [3.8, 4) is 0 Å². The van der Waals surface area contributed by atoms with E-state index in [0.717, 1.165) is 12.8 Å². The highest BCUT2D eigenvalue weighted by molar-refractivity contribution is 8.00. The molecule has 1 aliphatic carbocycles. The molecule has 0 aliphatic heterocycles. The van der Waals surface area contributed by atoms with Crippen LogP contribution in [-0.2, 0) is 4.79 Å². The van der Waals surface area contributed by atoms with Crippen LogP contribution in [0.4, 0.5) is 0 Å². The number of hydrogen-bond acceptors (Lipinski definition) is 4. The van der Waals surface area contributed by atoms with Crippen molar-refractivity contribution in [3.63, 3.8) is 0 Å². The number of hydrogen-bond donors (Lipinski definition) is 2. The maximum atomic E-state index is 12.1. The summed E-state index contributed by atoms with van der Waals surface area (Å²) < 4.78 is 0. The normalized spacial score (nSPS) is 24.7. The number of nitrogens with one attached hydrogen (secondary N) is 1. The highest BCUT2D eigenvalue weighted by Crippen LogP contribution is 2.29. The first-order valence-corrected chi connectivity index (χ1v) is 8.58. The number of rotatable bonds is 5. The van der Waals surface area contributed by atoms with E-state index in [-0.39, 0.29) is 23.3 Å². The molecule has 1 aromatic rings. The Hall–Kier alpha value is -1.56. The maximum Gasteiger partial charge on any atom is 0.338 e. The first-order valence-electron chi connectivity index (χ1n) is 7.59. The van der Waals surface area contributed by atoms with Crippen LogP contribution in [0.1, 0.15) is 43.5 Å². The van der Waals surface area contributed by atoms with Gasteiger partial charge in [-0.3, -0.25) is 4.79 Å². The van der Waals surface area contributed by atoms with Crippen LogP contribution in [0, 0.1) is 11.8 Å². The summed E-state index contributed by atoms with van der Waals surface area (Å²) in [6.45, 7) is 4.41. The number of nitrogens with zero attached hydrogens (tertiary/aromatic N) is 1. The zero-order valence-corrected chi connectivity index (χ0v) is 13.7. The molecule has 1 heterocycles. The highest BCUT2D eigenvalue weighted by atomic mass is 32.2. The fourth-order valence-electron chi connectivity index (χ4n) is 2.84. The molecule has 2 rings (SSSR count). The Bertz CT molecular complexity index is 550. The Kier molecular flexibility index (Phi) is 5.83. The van der Waals surface area contributed by atoms with Gasteiger partial charge in [-0.2, -0.15) is 0 Å². The molecule has 22 heavy (non-hydrogen) atoms. The number of aromatic nitrogens is 1. The van der Waals surface area contributed by atoms with Crippen molar-refractivity contribution in [3.05, 3.63) is 23.9 Å². The van der Waals surface area contributed by atoms with E-state index in [4.69, 9.17) is 5.11 Å². The van der Waals surface area contributed by atoms with Gasteiger partial charge in [-0.1, -0.05) is 38.5 Å². The number of carbonyl (C=O) groups is 2. The number of carbonyl (C=O) groups excluding carboxylic acids is 1. The van der Waals surface area contributed by atoms with E-state index in [0.29, 0.717) is 16.9 Å². The summed E-state index contributed by atoms with van der Waals surface area (Å²) in [4.78, 5) is 27.3. The van der Waals surface area contributed by atoms with Crippen LogP contribution < -0.4 is 5.32 Å². The molecule has 120 valence electrons. The van der Waals surface area contributed by atoms with Crippen molar-refractivity contribution in [2.24, 2.45) is 11.8 Å². The largest absolute Gasteiger partial charge is 0.478 e. The summed E-state index contributed by atoms with van der Waals surface area (Å²) in [7, 11) is 0. The van der Waals surface area contributed by atoms with Crippen LogP contribution in [0.25, 0.3) is 0 Å². The molecule has 1 aliphatic rings. The molecule has 6 heteroatoms. The first-order chi connectivity index (χ1) is 10.5. The zero-order valence-electron chi connectivity index (χ0n) is 12.9. The Labute approximate surface area is 134 Å². The summed E-state index contributed by atoms with van der Waals surface area (Å²) in [5.41, 5.74) is 0.139. The topological polar surface area (TPSA) is 79.3 Å². The lowest BCUT2D eigenvalue weighted by Gasteiger charge is -2.34. The summed E-state index contributed by atoms with van der Waals surface area (Å²) >= 11 is 1.17. The van der Waals surface area contributed by atoms with Gasteiger partial charge < -0.3 is 10.4 Å². The molecule has 1 aromatic heterocycles. The molecular weight excluding hydrogens is 300 g/mol. The fraction of sp³-hybridized carbons (Fsp3) is 0.562. The van der Waals surface area contributed by atoms with Gasteiger partial charge >= 0.3 is 5.97 Å². The number of pyridine rings is 1. The maximum absolute atomic E-state index is 12.1. The van der Waals surface area contributed by atoms with Crippen LogP contribution in [0.15, 0.2) is 23.4 Å². The molecule has 0 spiro atoms. The average molecular weight is 322 g/mol. The van der Waals surface area contributed by atoms with Gasteiger partial charge in [0.25, 0.3) is 0 Å². The third-order valence-electron chi connectivity index (χ3n) is 4.39. The molecule has 0 aromatic carbocycles. The number of aromatic carboxylic acids is 1. The SMILES string of the molecule is C[C@H]1[C@@H](NC(=O)CSc2ncccc2C(=O)O)CCC[C@@H]1C. The predicted octanol–water partition coefficient (Wildman–Crippen LogP) is 2.81. The minimum atomic E-state index is -1.02. The van der Waals surface area contributed by atoms with Crippen LogP contribution in [0.5, 0.6) is 0 Å². The van der Waals surface area contributed by atoms with E-state index in [1.807, 2.05) is 0 Å². The first kappa shape index (κ1) is 16.8. The fourth-order valence-corrected chi connectivity index (χ4v) is 3.63. The molecule has 5 nitrogen and oxygen atoms in total. The van der Waals surface area contributed by atoms with Crippen LogP contribution in [0.2, 0.25) is 0 Å². The van der Waals surface area contributed by atoms with E-state index >= 15 is 0 Å². The van der Waals surface area contributed by atoms with Gasteiger partial charge in [0.15, 0.2) is 0 Å². The summed E-state index contributed by atoms with van der Waals surface area (Å²) in [6, 6.07) is 3.30. The standard InChI is InChI=1S/C16H22N2O3S/c1-10-5-3-7-13(11(10)2)18-14(19)9-22-15-12(16(20)21)6-4-8-17-15/h4,6,8,10-11,13H,3,5,7,9H2,1-2H3,(H,18,19)(H,20,21)/t10-,11+,13-/m0/s1. The van der Waals surface area contributed by atoms with Gasteiger partial charge in [0.05, 0.1) is 11.3 Å². The van der Waals surface area contributed by atoms with E-state index < -0.39 is 5.97 Å². The van der Waals surface area contributed by atoms with Crippen LogP contribution >= 0.6 is 11.8 Å². The van der Waals surface area contributed by atoms with Gasteiger partial charge in [0, 0.05) is 12.2 Å². The second-order valence-electron chi connectivity index (χ2n) is 5.89. The second-order valence-corrected chi connectivity index (χ2v) is 6.86. The van der Waals surface area contributed by atoms with E-state index in [9.17, 15) is 9.59 Å². The quantitative estimate of drug-likeness (QED) is 0.815. The summed E-state index contributed by atoms with van der Waals surface area (Å²) in [6.07, 6.45) is 4.93. The number of carboxylic acids is 1. The molecule has 1 amide bonds. The smallest absolute Gasteiger partial charge is 0.338 e. The highest BCUT2D eigenvalue weighted by Gasteiger charge is 2.28. The van der Waals surface area contributed by atoms with Gasteiger partial charge in [0.1, 0.15) is 5.03 Å². The lowest BCUT2D eigenvalue weighted by molar-refractivity contribution is -0.120. The van der Waals surface area contributed by atoms with E-state index in [1.54, 1.807) is 6.07 Å². The average Bonchev–Trinajstić information content (AvgIpc) is 2.50. The van der Waals surface area contributed by atoms with Crippen molar-refractivity contribution >= 4 is 23.6 Å². The monoisotopic (exact) mass is 322 g/mol. The Morgan fingerprint density at radius 2 is 2.18 bits per heavy atom. The van der Waals surface area contributed by atoms with Crippen LogP contribution in [-0.4, -0.2) is 33.8 Å². The molecule has 0 saturated heterocycles. The van der Waals surface area contributed by atoms with Crippen molar-refractivity contribution in [2.45, 2.75) is 44.2 Å². The predicted molar refractivity (Wildman–Crippen MR) is 86.0 cm³/mol. The molecule has 0 unspecified atom stereocenters. The van der Waals surface area contributed by atoms with E-state index in [2.05, 4.69) is 24.1 Å². The van der Waals surface area contributed by atoms with Crippen LogP contribution in [0.3, 0.4) is 0 Å². The van der Waals surface area contributed by atoms with Gasteiger partial charge in [-0.25, -0.2) is 9.78 Å². The van der Waals surface area contributed by atoms with Crippen molar-refractivity contribution in [1.29, 1.82) is 0 Å². The molecule has 1 saturated carbocycles. The minimum Gasteiger partial charge on any atom is -0.478 e. The van der Waals surface area contributed by atoms with Gasteiger partial charge in [-0.15, -0.1) is 0 Å². The number of amides is 1. The number of carboxylic acid groups (broad SMARTS) is 1. The third kappa shape index (κ3) is 4.22. The van der Waals surface area contributed by atoms with E-state index in [1.165, 1.54) is 30.4 Å². The van der Waals surface area contributed by atoms with Crippen molar-refractivity contribution < 1.29 is 14.7 Å². The summed E-state index contributed by atoms with van der Waals surface area (Å²) in [5.74, 6) is 0.214. The Balaban J connectivity index is 1.89. The molecule has 0 radical (unpaired) electrons. The molecule has 3 atom stereocenters. The number of thioether (sulfide) groups is 1. The van der Waals surface area contributed by atoms with Gasteiger partial charge in [-0.05, 0) is 30.4 Å². The molecular formula is C16H22N2O3S. The van der Waals surface area contributed by atoms with Crippen molar-refractivity contribution in [1.82, 2.24) is 10.3 Å². The van der Waals surface area contributed by atoms with Gasteiger partial charge in [0.2, 0.25) is 5.91 Å². The zero-order chi connectivity index (χ0) is 16.1. The molecule has 2 N–H and O–H groups in total. The Morgan fingerprint density at radius 1 is 1.41 bits per heavy atom. The lowest BCUT2D eigenvalue weighted by Crippen LogP contribution is -2.44. The Morgan fingerprint density at radius 3 is 2.91 bits per heavy atom. The van der Waals surface area contributed by atoms with Crippen molar-refractivity contribution in [2.75, 3.05) is 5.75 Å². The molecule has 0 bridgehead atoms. The second kappa shape index (κ2) is 7.63. The molecule has 1 fully saturated rings. The third-order valence-corrected chi connectivity index (χ3v) is 5.40.